The molecule has 0 fully saturated rings. The molecule has 1 unspecified atom stereocenters. The molecule has 0 aliphatic carbocycles. The van der Waals surface area contributed by atoms with E-state index in [0.717, 1.165) is 11.3 Å². The molecule has 1 aromatic carbocycles. The molecule has 4 nitrogen and oxygen atoms in total. The van der Waals surface area contributed by atoms with Crippen molar-refractivity contribution in [3.63, 3.8) is 0 Å². The van der Waals surface area contributed by atoms with E-state index in [1.54, 1.807) is 10.9 Å². The molecule has 0 spiro atoms. The Labute approximate surface area is 94.3 Å². The van der Waals surface area contributed by atoms with Gasteiger partial charge in [-0.3, -0.25) is 0 Å². The maximum Gasteiger partial charge on any atom is 0.0703 e. The van der Waals surface area contributed by atoms with Crippen molar-refractivity contribution >= 4 is 0 Å². The zero-order valence-corrected chi connectivity index (χ0v) is 8.95. The molecule has 2 rings (SSSR count). The Morgan fingerprint density at radius 1 is 1.31 bits per heavy atom. The monoisotopic (exact) mass is 217 g/mol. The smallest absolute Gasteiger partial charge is 0.0703 e. The molecule has 1 heterocycles. The maximum atomic E-state index is 9.43. The Morgan fingerprint density at radius 3 is 2.75 bits per heavy atom. The molecular formula is C12H15N3O. The normalized spacial score (nSPS) is 12.6. The second-order valence-corrected chi connectivity index (χ2v) is 3.72. The number of aliphatic hydroxyl groups excluding tert-OH is 1. The van der Waals surface area contributed by atoms with Crippen LogP contribution < -0.4 is 5.73 Å². The van der Waals surface area contributed by atoms with Gasteiger partial charge in [0.25, 0.3) is 0 Å². The third-order valence-electron chi connectivity index (χ3n) is 2.40. The SMILES string of the molecule is NCC(O)Cc1cnn(-c2ccccc2)c1. The van der Waals surface area contributed by atoms with Crippen LogP contribution in [0.4, 0.5) is 0 Å². The zero-order chi connectivity index (χ0) is 11.4. The predicted molar refractivity (Wildman–Crippen MR) is 62.3 cm³/mol. The second kappa shape index (κ2) is 4.92. The minimum Gasteiger partial charge on any atom is -0.391 e. The summed E-state index contributed by atoms with van der Waals surface area (Å²) in [6, 6.07) is 9.86. The highest BCUT2D eigenvalue weighted by Crippen LogP contribution is 2.08. The van der Waals surface area contributed by atoms with Crippen LogP contribution in [0.1, 0.15) is 5.56 Å². The third-order valence-corrected chi connectivity index (χ3v) is 2.40. The summed E-state index contributed by atoms with van der Waals surface area (Å²) in [6.45, 7) is 0.274. The van der Waals surface area contributed by atoms with Gasteiger partial charge in [-0.05, 0) is 17.7 Å². The molecule has 0 saturated heterocycles. The molecule has 0 bridgehead atoms. The molecule has 0 saturated carbocycles. The highest BCUT2D eigenvalue weighted by atomic mass is 16.3. The van der Waals surface area contributed by atoms with Crippen molar-refractivity contribution in [1.82, 2.24) is 9.78 Å². The van der Waals surface area contributed by atoms with Gasteiger partial charge in [0.05, 0.1) is 18.0 Å². The summed E-state index contributed by atoms with van der Waals surface area (Å²) in [6.07, 6.45) is 3.72. The summed E-state index contributed by atoms with van der Waals surface area (Å²) < 4.78 is 1.79. The van der Waals surface area contributed by atoms with Crippen LogP contribution in [0.25, 0.3) is 5.69 Å². The zero-order valence-electron chi connectivity index (χ0n) is 8.95. The van der Waals surface area contributed by atoms with Crippen molar-refractivity contribution < 1.29 is 5.11 Å². The summed E-state index contributed by atoms with van der Waals surface area (Å²) in [4.78, 5) is 0. The van der Waals surface area contributed by atoms with E-state index in [-0.39, 0.29) is 6.54 Å². The van der Waals surface area contributed by atoms with Crippen molar-refractivity contribution in [2.24, 2.45) is 5.73 Å². The Bertz CT molecular complexity index is 439. The predicted octanol–water partition coefficient (Wildman–Crippen LogP) is 0.734. The van der Waals surface area contributed by atoms with E-state index < -0.39 is 6.10 Å². The molecule has 16 heavy (non-hydrogen) atoms. The number of hydrogen-bond acceptors (Lipinski definition) is 3. The lowest BCUT2D eigenvalue weighted by molar-refractivity contribution is 0.183. The van der Waals surface area contributed by atoms with Crippen molar-refractivity contribution in [3.05, 3.63) is 48.3 Å². The van der Waals surface area contributed by atoms with Gasteiger partial charge in [0.1, 0.15) is 0 Å². The van der Waals surface area contributed by atoms with Gasteiger partial charge in [0.15, 0.2) is 0 Å². The lowest BCUT2D eigenvalue weighted by Crippen LogP contribution is -2.21. The van der Waals surface area contributed by atoms with E-state index in [0.29, 0.717) is 6.42 Å². The van der Waals surface area contributed by atoms with Gasteiger partial charge < -0.3 is 10.8 Å². The topological polar surface area (TPSA) is 64.1 Å². The minimum atomic E-state index is -0.492. The standard InChI is InChI=1S/C12H15N3O/c13-7-12(16)6-10-8-14-15(9-10)11-4-2-1-3-5-11/h1-5,8-9,12,16H,6-7,13H2. The number of aromatic nitrogens is 2. The lowest BCUT2D eigenvalue weighted by Gasteiger charge is -2.04. The van der Waals surface area contributed by atoms with Gasteiger partial charge in [0, 0.05) is 19.2 Å². The van der Waals surface area contributed by atoms with Crippen molar-refractivity contribution in [2.75, 3.05) is 6.54 Å². The number of para-hydroxylation sites is 1. The van der Waals surface area contributed by atoms with E-state index in [9.17, 15) is 5.11 Å². The van der Waals surface area contributed by atoms with Crippen LogP contribution in [0.5, 0.6) is 0 Å². The van der Waals surface area contributed by atoms with Gasteiger partial charge in [-0.15, -0.1) is 0 Å². The fraction of sp³-hybridized carbons (Fsp3) is 0.250. The summed E-state index contributed by atoms with van der Waals surface area (Å²) in [7, 11) is 0. The minimum absolute atomic E-state index is 0.274. The van der Waals surface area contributed by atoms with E-state index in [4.69, 9.17) is 5.73 Å². The van der Waals surface area contributed by atoms with Crippen LogP contribution in [-0.2, 0) is 6.42 Å². The Kier molecular flexibility index (Phi) is 3.34. The largest absolute Gasteiger partial charge is 0.391 e. The van der Waals surface area contributed by atoms with Crippen molar-refractivity contribution in [3.8, 4) is 5.69 Å². The fourth-order valence-electron chi connectivity index (χ4n) is 1.54. The molecule has 3 N–H and O–H groups in total. The molecule has 0 aliphatic heterocycles. The fourth-order valence-corrected chi connectivity index (χ4v) is 1.54. The molecular weight excluding hydrogens is 202 g/mol. The molecule has 2 aromatic rings. The number of aliphatic hydroxyl groups is 1. The average molecular weight is 217 g/mol. The summed E-state index contributed by atoms with van der Waals surface area (Å²) in [5.74, 6) is 0. The number of nitrogens with two attached hydrogens (primary N) is 1. The van der Waals surface area contributed by atoms with Crippen LogP contribution in [0.2, 0.25) is 0 Å². The summed E-state index contributed by atoms with van der Waals surface area (Å²) in [5, 5.41) is 13.7. The third kappa shape index (κ3) is 2.48. The van der Waals surface area contributed by atoms with E-state index >= 15 is 0 Å². The highest BCUT2D eigenvalue weighted by molar-refractivity contribution is 5.30. The van der Waals surface area contributed by atoms with Crippen LogP contribution in [-0.4, -0.2) is 27.5 Å². The van der Waals surface area contributed by atoms with Gasteiger partial charge in [0.2, 0.25) is 0 Å². The van der Waals surface area contributed by atoms with E-state index in [1.165, 1.54) is 0 Å². The van der Waals surface area contributed by atoms with E-state index in [2.05, 4.69) is 5.10 Å². The number of rotatable bonds is 4. The Hall–Kier alpha value is -1.65. The van der Waals surface area contributed by atoms with Gasteiger partial charge >= 0.3 is 0 Å². The molecule has 0 aliphatic rings. The van der Waals surface area contributed by atoms with Crippen LogP contribution in [0.15, 0.2) is 42.7 Å². The van der Waals surface area contributed by atoms with Crippen molar-refractivity contribution in [2.45, 2.75) is 12.5 Å². The first-order chi connectivity index (χ1) is 7.79. The first-order valence-electron chi connectivity index (χ1n) is 5.26. The molecule has 84 valence electrons. The quantitative estimate of drug-likeness (QED) is 0.793. The molecule has 0 amide bonds. The highest BCUT2D eigenvalue weighted by Gasteiger charge is 2.05. The van der Waals surface area contributed by atoms with Crippen LogP contribution in [0.3, 0.4) is 0 Å². The summed E-state index contributed by atoms with van der Waals surface area (Å²) >= 11 is 0. The molecule has 1 aromatic heterocycles. The van der Waals surface area contributed by atoms with Crippen LogP contribution >= 0.6 is 0 Å². The molecule has 1 atom stereocenters. The van der Waals surface area contributed by atoms with Gasteiger partial charge in [-0.25, -0.2) is 4.68 Å². The first-order valence-corrected chi connectivity index (χ1v) is 5.26. The second-order valence-electron chi connectivity index (χ2n) is 3.72. The van der Waals surface area contributed by atoms with E-state index in [1.807, 2.05) is 36.5 Å². The summed E-state index contributed by atoms with van der Waals surface area (Å²) in [5.41, 5.74) is 7.36. The Morgan fingerprint density at radius 2 is 2.06 bits per heavy atom. The van der Waals surface area contributed by atoms with Crippen molar-refractivity contribution in [1.29, 1.82) is 0 Å². The van der Waals surface area contributed by atoms with Crippen LogP contribution in [0, 0.1) is 0 Å². The Balaban J connectivity index is 2.14. The average Bonchev–Trinajstić information content (AvgIpc) is 2.78. The molecule has 4 heteroatoms. The first kappa shape index (κ1) is 10.9. The number of benzene rings is 1. The lowest BCUT2D eigenvalue weighted by atomic mass is 10.1. The van der Waals surface area contributed by atoms with Gasteiger partial charge in [-0.2, -0.15) is 5.10 Å². The molecule has 0 radical (unpaired) electrons. The maximum absolute atomic E-state index is 9.43. The number of hydrogen-bond donors (Lipinski definition) is 2. The van der Waals surface area contributed by atoms with Gasteiger partial charge in [-0.1, -0.05) is 18.2 Å². The number of nitrogens with zero attached hydrogens (tertiary/aromatic N) is 2.